The Morgan fingerprint density at radius 1 is 0.821 bits per heavy atom. The number of aromatic nitrogens is 3. The van der Waals surface area contributed by atoms with E-state index in [1.54, 1.807) is 19.1 Å². The number of hydrogen-bond acceptors (Lipinski definition) is 10. The number of nitrogens with zero attached hydrogens (tertiary/aromatic N) is 3. The van der Waals surface area contributed by atoms with Gasteiger partial charge in [-0.3, -0.25) is 0 Å². The minimum atomic E-state index is -1.09. The fourth-order valence-electron chi connectivity index (χ4n) is 2.45. The van der Waals surface area contributed by atoms with Crippen LogP contribution in [0.25, 0.3) is 11.3 Å². The topological polar surface area (TPSA) is 192 Å². The van der Waals surface area contributed by atoms with Crippen LogP contribution in [0.4, 0.5) is 11.8 Å². The summed E-state index contributed by atoms with van der Waals surface area (Å²) in [6, 6.07) is 3.20. The molecule has 0 aliphatic heterocycles. The van der Waals surface area contributed by atoms with E-state index in [0.717, 1.165) is 0 Å². The Morgan fingerprint density at radius 3 is 2.00 bits per heavy atom. The number of phenols is 5. The smallest absolute Gasteiger partial charge is 0.220 e. The molecule has 3 aromatic rings. The van der Waals surface area contributed by atoms with Crippen LogP contribution in [-0.4, -0.2) is 40.5 Å². The molecule has 1 aromatic carbocycles. The predicted octanol–water partition coefficient (Wildman–Crippen LogP) is 0.939. The Hall–Kier alpha value is -4.39. The zero-order chi connectivity index (χ0) is 20.6. The molecule has 0 saturated heterocycles. The summed E-state index contributed by atoms with van der Waals surface area (Å²) in [4.78, 5) is 11.9. The van der Waals surface area contributed by atoms with E-state index in [1.165, 1.54) is 6.20 Å². The molecular weight excluding hydrogens is 366 g/mol. The van der Waals surface area contributed by atoms with Crippen LogP contribution in [0.1, 0.15) is 16.8 Å². The molecule has 10 heteroatoms. The first-order chi connectivity index (χ1) is 13.2. The van der Waals surface area contributed by atoms with E-state index in [0.29, 0.717) is 17.1 Å². The van der Waals surface area contributed by atoms with E-state index in [-0.39, 0.29) is 17.2 Å². The second kappa shape index (κ2) is 6.73. The van der Waals surface area contributed by atoms with Gasteiger partial charge in [0.2, 0.25) is 23.2 Å². The van der Waals surface area contributed by atoms with Crippen LogP contribution < -0.4 is 11.5 Å². The third-order valence-electron chi connectivity index (χ3n) is 3.83. The summed E-state index contributed by atoms with van der Waals surface area (Å²) in [7, 11) is 0. The highest BCUT2D eigenvalue weighted by molar-refractivity contribution is 5.86. The molecule has 0 amide bonds. The zero-order valence-corrected chi connectivity index (χ0v) is 14.5. The molecule has 142 valence electrons. The number of benzene rings is 1. The summed E-state index contributed by atoms with van der Waals surface area (Å²) in [5.74, 6) is 0.736. The Balaban J connectivity index is 2.29. The van der Waals surface area contributed by atoms with E-state index in [1.807, 2.05) is 0 Å². The summed E-state index contributed by atoms with van der Waals surface area (Å²) >= 11 is 0. The maximum Gasteiger partial charge on any atom is 0.220 e. The van der Waals surface area contributed by atoms with Crippen molar-refractivity contribution in [1.82, 2.24) is 15.0 Å². The van der Waals surface area contributed by atoms with Gasteiger partial charge in [0.15, 0.2) is 11.5 Å². The van der Waals surface area contributed by atoms with Gasteiger partial charge >= 0.3 is 0 Å². The first kappa shape index (κ1) is 18.4. The molecule has 2 heterocycles. The van der Waals surface area contributed by atoms with Gasteiger partial charge in [0.05, 0.1) is 22.5 Å². The Bertz CT molecular complexity index is 1120. The van der Waals surface area contributed by atoms with Crippen molar-refractivity contribution in [2.75, 3.05) is 11.5 Å². The van der Waals surface area contributed by atoms with Crippen LogP contribution in [-0.2, 0) is 0 Å². The minimum absolute atomic E-state index is 0.151. The molecule has 3 rings (SSSR count). The summed E-state index contributed by atoms with van der Waals surface area (Å²) in [6.45, 7) is 1.57. The van der Waals surface area contributed by atoms with Crippen molar-refractivity contribution in [2.45, 2.75) is 6.92 Å². The Labute approximate surface area is 158 Å². The average Bonchev–Trinajstić information content (AvgIpc) is 2.65. The Morgan fingerprint density at radius 2 is 1.43 bits per heavy atom. The number of pyridine rings is 1. The van der Waals surface area contributed by atoms with Gasteiger partial charge in [-0.15, -0.1) is 0 Å². The highest BCUT2D eigenvalue weighted by Gasteiger charge is 2.27. The van der Waals surface area contributed by atoms with Crippen molar-refractivity contribution < 1.29 is 25.5 Å². The van der Waals surface area contributed by atoms with Crippen LogP contribution in [0.2, 0.25) is 0 Å². The Kier molecular flexibility index (Phi) is 4.42. The standard InChI is InChI=1S/C18H15N5O5/c1-7-9(4-2-8-3-5-10(19)21-6-8)12(23-18(20)22-7)11-13(24)15(26)17(28)16(27)14(11)25/h3,5-6,24-28H,1H3,(H2,19,21)(H2,20,22,23). The quantitative estimate of drug-likeness (QED) is 0.181. The van der Waals surface area contributed by atoms with Crippen molar-refractivity contribution in [3.8, 4) is 51.8 Å². The predicted molar refractivity (Wildman–Crippen MR) is 99.6 cm³/mol. The van der Waals surface area contributed by atoms with Crippen molar-refractivity contribution in [1.29, 1.82) is 0 Å². The number of rotatable bonds is 1. The lowest BCUT2D eigenvalue weighted by molar-refractivity contribution is 0.330. The molecule has 0 aliphatic rings. The molecule has 0 spiro atoms. The summed E-state index contributed by atoms with van der Waals surface area (Å²) in [5, 5.41) is 49.6. The number of nitrogen functional groups attached to an aromatic ring is 2. The highest BCUT2D eigenvalue weighted by Crippen LogP contribution is 2.54. The molecule has 10 nitrogen and oxygen atoms in total. The lowest BCUT2D eigenvalue weighted by Crippen LogP contribution is -2.03. The number of nitrogens with two attached hydrogens (primary N) is 2. The normalized spacial score (nSPS) is 10.3. The van der Waals surface area contributed by atoms with Crippen LogP contribution in [0.15, 0.2) is 18.3 Å². The molecule has 0 radical (unpaired) electrons. The van der Waals surface area contributed by atoms with E-state index in [4.69, 9.17) is 11.5 Å². The van der Waals surface area contributed by atoms with Gasteiger partial charge in [-0.05, 0) is 19.1 Å². The first-order valence-electron chi connectivity index (χ1n) is 7.77. The summed E-state index contributed by atoms with van der Waals surface area (Å²) in [5.41, 5.74) is 11.6. The second-order valence-electron chi connectivity index (χ2n) is 5.73. The van der Waals surface area contributed by atoms with Gasteiger partial charge in [0, 0.05) is 11.8 Å². The van der Waals surface area contributed by atoms with Crippen LogP contribution in [0, 0.1) is 18.8 Å². The fraction of sp³-hybridized carbons (Fsp3) is 0.0556. The van der Waals surface area contributed by atoms with E-state index >= 15 is 0 Å². The maximum atomic E-state index is 10.2. The van der Waals surface area contributed by atoms with E-state index in [9.17, 15) is 25.5 Å². The first-order valence-corrected chi connectivity index (χ1v) is 7.77. The number of aryl methyl sites for hydroxylation is 1. The van der Waals surface area contributed by atoms with Gasteiger partial charge in [-0.25, -0.2) is 15.0 Å². The van der Waals surface area contributed by atoms with Crippen LogP contribution >= 0.6 is 0 Å². The average molecular weight is 381 g/mol. The largest absolute Gasteiger partial charge is 0.504 e. The number of hydrogen-bond donors (Lipinski definition) is 7. The van der Waals surface area contributed by atoms with E-state index < -0.39 is 34.3 Å². The molecule has 2 aromatic heterocycles. The minimum Gasteiger partial charge on any atom is -0.504 e. The van der Waals surface area contributed by atoms with Crippen molar-refractivity contribution in [3.63, 3.8) is 0 Å². The third-order valence-corrected chi connectivity index (χ3v) is 3.83. The molecular formula is C18H15N5O5. The van der Waals surface area contributed by atoms with E-state index in [2.05, 4.69) is 26.8 Å². The third kappa shape index (κ3) is 3.08. The molecule has 0 bridgehead atoms. The van der Waals surface area contributed by atoms with Gasteiger partial charge < -0.3 is 37.0 Å². The van der Waals surface area contributed by atoms with Crippen molar-refractivity contribution >= 4 is 11.8 Å². The van der Waals surface area contributed by atoms with Crippen molar-refractivity contribution in [2.24, 2.45) is 0 Å². The van der Waals surface area contributed by atoms with Gasteiger partial charge in [-0.2, -0.15) is 0 Å². The van der Waals surface area contributed by atoms with Gasteiger partial charge in [-0.1, -0.05) is 11.8 Å². The number of anilines is 2. The van der Waals surface area contributed by atoms with Crippen LogP contribution in [0.3, 0.4) is 0 Å². The zero-order valence-electron chi connectivity index (χ0n) is 14.5. The van der Waals surface area contributed by atoms with Gasteiger partial charge in [0.25, 0.3) is 0 Å². The fourth-order valence-corrected chi connectivity index (χ4v) is 2.45. The van der Waals surface area contributed by atoms with Crippen LogP contribution in [0.5, 0.6) is 28.7 Å². The second-order valence-corrected chi connectivity index (χ2v) is 5.73. The van der Waals surface area contributed by atoms with Gasteiger partial charge in [0.1, 0.15) is 5.82 Å². The molecule has 0 unspecified atom stereocenters. The molecule has 0 atom stereocenters. The van der Waals surface area contributed by atoms with Crippen molar-refractivity contribution in [3.05, 3.63) is 35.2 Å². The lowest BCUT2D eigenvalue weighted by Gasteiger charge is -2.14. The summed E-state index contributed by atoms with van der Waals surface area (Å²) in [6.07, 6.45) is 1.45. The molecule has 0 fully saturated rings. The number of phenolic OH excluding ortho intramolecular Hbond substituents is 5. The molecule has 0 saturated carbocycles. The number of aromatic hydroxyl groups is 5. The molecule has 28 heavy (non-hydrogen) atoms. The SMILES string of the molecule is Cc1nc(N)nc(-c2c(O)c(O)c(O)c(O)c2O)c1C#Cc1ccc(N)nc1. The highest BCUT2D eigenvalue weighted by atomic mass is 16.4. The monoisotopic (exact) mass is 381 g/mol. The lowest BCUT2D eigenvalue weighted by atomic mass is 10.0. The maximum absolute atomic E-state index is 10.2. The summed E-state index contributed by atoms with van der Waals surface area (Å²) < 4.78 is 0. The molecule has 9 N–H and O–H groups in total. The molecule has 0 aliphatic carbocycles.